The zero-order chi connectivity index (χ0) is 10.8. The first kappa shape index (κ1) is 10.2. The highest BCUT2D eigenvalue weighted by Gasteiger charge is 2.27. The Morgan fingerprint density at radius 3 is 3.00 bits per heavy atom. The third kappa shape index (κ3) is 2.18. The summed E-state index contributed by atoms with van der Waals surface area (Å²) in [6, 6.07) is 2.66. The van der Waals surface area contributed by atoms with E-state index in [0.717, 1.165) is 17.7 Å². The summed E-state index contributed by atoms with van der Waals surface area (Å²) in [5, 5.41) is 16.8. The molecular formula is C11H16N4. The van der Waals surface area contributed by atoms with Gasteiger partial charge in [0.05, 0.1) is 11.8 Å². The molecule has 80 valence electrons. The molecule has 1 aromatic heterocycles. The first-order valence-corrected chi connectivity index (χ1v) is 5.42. The van der Waals surface area contributed by atoms with Gasteiger partial charge >= 0.3 is 0 Å². The normalized spacial score (nSPS) is 17.4. The molecule has 4 nitrogen and oxygen atoms in total. The fraction of sp³-hybridized carbons (Fsp3) is 0.636. The lowest BCUT2D eigenvalue weighted by molar-refractivity contribution is 0.621. The summed E-state index contributed by atoms with van der Waals surface area (Å²) in [4.78, 5) is 0. The predicted octanol–water partition coefficient (Wildman–Crippen LogP) is 1.30. The first-order valence-electron chi connectivity index (χ1n) is 5.42. The van der Waals surface area contributed by atoms with E-state index in [4.69, 9.17) is 5.26 Å². The summed E-state index contributed by atoms with van der Waals surface area (Å²) in [7, 11) is 1.90. The molecule has 4 heteroatoms. The molecule has 1 aliphatic carbocycles. The number of nitriles is 1. The van der Waals surface area contributed by atoms with Gasteiger partial charge in [0.1, 0.15) is 6.04 Å². The van der Waals surface area contributed by atoms with Gasteiger partial charge in [0, 0.05) is 24.8 Å². The molecule has 15 heavy (non-hydrogen) atoms. The Morgan fingerprint density at radius 2 is 2.47 bits per heavy atom. The van der Waals surface area contributed by atoms with Crippen molar-refractivity contribution in [2.45, 2.75) is 38.3 Å². The third-order valence-corrected chi connectivity index (χ3v) is 2.69. The van der Waals surface area contributed by atoms with Gasteiger partial charge in [-0.15, -0.1) is 0 Å². The molecule has 1 unspecified atom stereocenters. The van der Waals surface area contributed by atoms with Crippen LogP contribution in [0.2, 0.25) is 0 Å². The molecule has 1 saturated carbocycles. The molecule has 1 heterocycles. The second kappa shape index (κ2) is 4.03. The molecule has 1 atom stereocenters. The monoisotopic (exact) mass is 204 g/mol. The Labute approximate surface area is 89.9 Å². The highest BCUT2D eigenvalue weighted by atomic mass is 15.3. The van der Waals surface area contributed by atoms with Gasteiger partial charge in [0.2, 0.25) is 0 Å². The minimum absolute atomic E-state index is 0.193. The van der Waals surface area contributed by atoms with Crippen LogP contribution in [0.3, 0.4) is 0 Å². The molecule has 0 radical (unpaired) electrons. The number of hydrogen-bond acceptors (Lipinski definition) is 3. The Hall–Kier alpha value is -1.34. The van der Waals surface area contributed by atoms with E-state index in [0.29, 0.717) is 6.04 Å². The Kier molecular flexibility index (Phi) is 2.74. The van der Waals surface area contributed by atoms with Crippen LogP contribution in [0.5, 0.6) is 0 Å². The minimum Gasteiger partial charge on any atom is -0.295 e. The lowest BCUT2D eigenvalue weighted by atomic mass is 10.1. The SMILES string of the molecule is CCc1nn(C)cc1C(C#N)NC1CC1. The third-order valence-electron chi connectivity index (χ3n) is 2.69. The van der Waals surface area contributed by atoms with Crippen molar-refractivity contribution >= 4 is 0 Å². The van der Waals surface area contributed by atoms with Gasteiger partial charge in [-0.1, -0.05) is 6.92 Å². The first-order chi connectivity index (χ1) is 7.24. The van der Waals surface area contributed by atoms with Gasteiger partial charge in [0.15, 0.2) is 0 Å². The average Bonchev–Trinajstić information content (AvgIpc) is 2.97. The molecule has 1 fully saturated rings. The Balaban J connectivity index is 2.20. The topological polar surface area (TPSA) is 53.6 Å². The van der Waals surface area contributed by atoms with Gasteiger partial charge in [-0.2, -0.15) is 10.4 Å². The number of nitrogens with one attached hydrogen (secondary N) is 1. The second-order valence-corrected chi connectivity index (χ2v) is 4.06. The van der Waals surface area contributed by atoms with E-state index < -0.39 is 0 Å². The van der Waals surface area contributed by atoms with Crippen LogP contribution in [0.25, 0.3) is 0 Å². The smallest absolute Gasteiger partial charge is 0.124 e. The summed E-state index contributed by atoms with van der Waals surface area (Å²) in [5.74, 6) is 0. The van der Waals surface area contributed by atoms with Crippen LogP contribution in [0.15, 0.2) is 6.20 Å². The molecule has 0 aliphatic heterocycles. The maximum Gasteiger partial charge on any atom is 0.124 e. The molecular weight excluding hydrogens is 188 g/mol. The van der Waals surface area contributed by atoms with Crippen LogP contribution in [-0.2, 0) is 13.5 Å². The van der Waals surface area contributed by atoms with Gasteiger partial charge in [-0.3, -0.25) is 10.00 Å². The van der Waals surface area contributed by atoms with E-state index in [2.05, 4.69) is 23.4 Å². The van der Waals surface area contributed by atoms with E-state index in [1.807, 2.05) is 13.2 Å². The lowest BCUT2D eigenvalue weighted by Gasteiger charge is -2.09. The zero-order valence-electron chi connectivity index (χ0n) is 9.20. The standard InChI is InChI=1S/C11H16N4/c1-3-10-9(7-15(2)14-10)11(6-12)13-8-4-5-8/h7-8,11,13H,3-5H2,1-2H3. The lowest BCUT2D eigenvalue weighted by Crippen LogP contribution is -2.22. The van der Waals surface area contributed by atoms with Crippen LogP contribution in [0.1, 0.15) is 37.1 Å². The van der Waals surface area contributed by atoms with Crippen molar-refractivity contribution < 1.29 is 0 Å². The second-order valence-electron chi connectivity index (χ2n) is 4.06. The summed E-state index contributed by atoms with van der Waals surface area (Å²) in [6.07, 6.45) is 5.21. The van der Waals surface area contributed by atoms with E-state index in [-0.39, 0.29) is 6.04 Å². The van der Waals surface area contributed by atoms with Crippen molar-refractivity contribution in [3.05, 3.63) is 17.5 Å². The molecule has 1 N–H and O–H groups in total. The van der Waals surface area contributed by atoms with Gasteiger partial charge < -0.3 is 0 Å². The molecule has 0 saturated heterocycles. The summed E-state index contributed by atoms with van der Waals surface area (Å²) in [5.41, 5.74) is 2.06. The van der Waals surface area contributed by atoms with Crippen molar-refractivity contribution in [2.24, 2.45) is 7.05 Å². The largest absolute Gasteiger partial charge is 0.295 e. The highest BCUT2D eigenvalue weighted by Crippen LogP contribution is 2.25. The van der Waals surface area contributed by atoms with Crippen LogP contribution in [-0.4, -0.2) is 15.8 Å². The van der Waals surface area contributed by atoms with Gasteiger partial charge in [-0.05, 0) is 19.3 Å². The van der Waals surface area contributed by atoms with Gasteiger partial charge in [0.25, 0.3) is 0 Å². The minimum atomic E-state index is -0.193. The summed E-state index contributed by atoms with van der Waals surface area (Å²) >= 11 is 0. The van der Waals surface area contributed by atoms with Crippen molar-refractivity contribution in [1.82, 2.24) is 15.1 Å². The molecule has 0 aromatic carbocycles. The number of nitrogens with zero attached hydrogens (tertiary/aromatic N) is 3. The van der Waals surface area contributed by atoms with Crippen molar-refractivity contribution in [3.63, 3.8) is 0 Å². The summed E-state index contributed by atoms with van der Waals surface area (Å²) < 4.78 is 1.78. The fourth-order valence-electron chi connectivity index (χ4n) is 1.75. The molecule has 0 spiro atoms. The molecule has 0 amide bonds. The van der Waals surface area contributed by atoms with E-state index in [1.165, 1.54) is 12.8 Å². The van der Waals surface area contributed by atoms with Crippen LogP contribution >= 0.6 is 0 Å². The maximum atomic E-state index is 9.14. The quantitative estimate of drug-likeness (QED) is 0.804. The zero-order valence-corrected chi connectivity index (χ0v) is 9.20. The van der Waals surface area contributed by atoms with E-state index >= 15 is 0 Å². The van der Waals surface area contributed by atoms with E-state index in [1.54, 1.807) is 4.68 Å². The van der Waals surface area contributed by atoms with Crippen LogP contribution in [0.4, 0.5) is 0 Å². The number of aromatic nitrogens is 2. The van der Waals surface area contributed by atoms with Gasteiger partial charge in [-0.25, -0.2) is 0 Å². The molecule has 1 aromatic rings. The average molecular weight is 204 g/mol. The fourth-order valence-corrected chi connectivity index (χ4v) is 1.75. The van der Waals surface area contributed by atoms with Crippen LogP contribution in [0, 0.1) is 11.3 Å². The van der Waals surface area contributed by atoms with Crippen molar-refractivity contribution in [1.29, 1.82) is 5.26 Å². The van der Waals surface area contributed by atoms with E-state index in [9.17, 15) is 0 Å². The highest BCUT2D eigenvalue weighted by molar-refractivity contribution is 5.27. The predicted molar refractivity (Wildman–Crippen MR) is 57.1 cm³/mol. The Bertz CT molecular complexity index is 384. The number of aryl methyl sites for hydroxylation is 2. The number of rotatable bonds is 4. The van der Waals surface area contributed by atoms with Crippen molar-refractivity contribution in [3.8, 4) is 6.07 Å². The van der Waals surface area contributed by atoms with Crippen molar-refractivity contribution in [2.75, 3.05) is 0 Å². The summed E-state index contributed by atoms with van der Waals surface area (Å²) in [6.45, 7) is 2.07. The maximum absolute atomic E-state index is 9.14. The molecule has 2 rings (SSSR count). The molecule has 1 aliphatic rings. The number of hydrogen-bond donors (Lipinski definition) is 1. The molecule has 0 bridgehead atoms. The Morgan fingerprint density at radius 1 is 1.73 bits per heavy atom. The van der Waals surface area contributed by atoms with Crippen LogP contribution < -0.4 is 5.32 Å².